The number of thioether (sulfide) groups is 1. The molecule has 2 aromatic carbocycles. The highest BCUT2D eigenvalue weighted by Crippen LogP contribution is 2.18. The molecule has 0 aliphatic carbocycles. The summed E-state index contributed by atoms with van der Waals surface area (Å²) in [6.07, 6.45) is 1.94. The molecule has 0 aliphatic rings. The lowest BCUT2D eigenvalue weighted by Gasteiger charge is -2.07. The van der Waals surface area contributed by atoms with E-state index < -0.39 is 11.9 Å². The number of carbonyl (C=O) groups is 2. The predicted octanol–water partition coefficient (Wildman–Crippen LogP) is 3.27. The Bertz CT molecular complexity index is 688. The van der Waals surface area contributed by atoms with Crippen LogP contribution in [0.5, 0.6) is 0 Å². The van der Waals surface area contributed by atoms with Gasteiger partial charge in [0.1, 0.15) is 5.82 Å². The first-order valence-electron chi connectivity index (χ1n) is 6.91. The molecule has 4 nitrogen and oxygen atoms in total. The summed E-state index contributed by atoms with van der Waals surface area (Å²) in [7, 11) is 0. The number of hydrogen-bond donors (Lipinski definition) is 1. The smallest absolute Gasteiger partial charge is 0.310 e. The van der Waals surface area contributed by atoms with Crippen molar-refractivity contribution in [2.45, 2.75) is 11.3 Å². The number of benzene rings is 2. The van der Waals surface area contributed by atoms with Gasteiger partial charge in [-0.15, -0.1) is 11.8 Å². The van der Waals surface area contributed by atoms with Gasteiger partial charge < -0.3 is 10.1 Å². The number of ether oxygens (including phenoxy) is 1. The highest BCUT2D eigenvalue weighted by Gasteiger charge is 2.09. The van der Waals surface area contributed by atoms with Gasteiger partial charge >= 0.3 is 5.97 Å². The summed E-state index contributed by atoms with van der Waals surface area (Å²) in [4.78, 5) is 24.4. The Hall–Kier alpha value is -2.34. The van der Waals surface area contributed by atoms with Crippen LogP contribution in [-0.2, 0) is 20.7 Å². The lowest BCUT2D eigenvalue weighted by Crippen LogP contribution is -2.21. The van der Waals surface area contributed by atoms with Crippen molar-refractivity contribution in [3.05, 3.63) is 59.9 Å². The number of carbonyl (C=O) groups excluding carboxylic acids is 2. The molecule has 2 rings (SSSR count). The van der Waals surface area contributed by atoms with E-state index in [1.807, 2.05) is 24.5 Å². The Morgan fingerprint density at radius 1 is 1.17 bits per heavy atom. The Balaban J connectivity index is 1.79. The molecule has 1 N–H and O–H groups in total. The zero-order valence-corrected chi connectivity index (χ0v) is 13.4. The van der Waals surface area contributed by atoms with Crippen molar-refractivity contribution in [1.82, 2.24) is 0 Å². The second-order valence-corrected chi connectivity index (χ2v) is 5.62. The van der Waals surface area contributed by atoms with Crippen LogP contribution in [0.3, 0.4) is 0 Å². The normalized spacial score (nSPS) is 10.2. The van der Waals surface area contributed by atoms with Crippen molar-refractivity contribution < 1.29 is 18.7 Å². The number of esters is 1. The van der Waals surface area contributed by atoms with Gasteiger partial charge in [0, 0.05) is 10.6 Å². The van der Waals surface area contributed by atoms with Gasteiger partial charge in [-0.3, -0.25) is 9.59 Å². The highest BCUT2D eigenvalue weighted by atomic mass is 32.2. The topological polar surface area (TPSA) is 55.4 Å². The standard InChI is InChI=1S/C17H16FNO3S/c1-23-15-4-2-3-14(10-15)19-16(20)11-22-17(21)9-12-5-7-13(18)8-6-12/h2-8,10H,9,11H2,1H3,(H,19,20). The quantitative estimate of drug-likeness (QED) is 0.651. The van der Waals surface area contributed by atoms with E-state index in [0.717, 1.165) is 4.90 Å². The third-order valence-corrected chi connectivity index (χ3v) is 3.70. The molecule has 0 saturated heterocycles. The van der Waals surface area contributed by atoms with Gasteiger partial charge in [0.25, 0.3) is 5.91 Å². The minimum absolute atomic E-state index is 0.00444. The van der Waals surface area contributed by atoms with Crippen molar-refractivity contribution in [3.8, 4) is 0 Å². The van der Waals surface area contributed by atoms with Gasteiger partial charge in [-0.25, -0.2) is 4.39 Å². The number of nitrogens with one attached hydrogen (secondary N) is 1. The zero-order valence-electron chi connectivity index (χ0n) is 12.5. The summed E-state index contributed by atoms with van der Waals surface area (Å²) < 4.78 is 17.7. The highest BCUT2D eigenvalue weighted by molar-refractivity contribution is 7.98. The summed E-state index contributed by atoms with van der Waals surface area (Å²) >= 11 is 1.57. The minimum atomic E-state index is -0.537. The maximum absolute atomic E-state index is 12.8. The van der Waals surface area contributed by atoms with Gasteiger partial charge in [0.15, 0.2) is 6.61 Å². The Kier molecular flexibility index (Phi) is 6.17. The van der Waals surface area contributed by atoms with Crippen LogP contribution in [0.2, 0.25) is 0 Å². The van der Waals surface area contributed by atoms with Crippen molar-refractivity contribution in [2.24, 2.45) is 0 Å². The number of rotatable bonds is 6. The van der Waals surface area contributed by atoms with Crippen molar-refractivity contribution in [3.63, 3.8) is 0 Å². The van der Waals surface area contributed by atoms with E-state index in [9.17, 15) is 14.0 Å². The molecule has 120 valence electrons. The first-order chi connectivity index (χ1) is 11.1. The molecule has 0 radical (unpaired) electrons. The lowest BCUT2D eigenvalue weighted by molar-refractivity contribution is -0.146. The van der Waals surface area contributed by atoms with E-state index in [1.54, 1.807) is 17.8 Å². The van der Waals surface area contributed by atoms with Crippen LogP contribution in [0, 0.1) is 5.82 Å². The van der Waals surface area contributed by atoms with Crippen LogP contribution >= 0.6 is 11.8 Å². The van der Waals surface area contributed by atoms with E-state index in [-0.39, 0.29) is 18.8 Å². The second-order valence-electron chi connectivity index (χ2n) is 4.74. The van der Waals surface area contributed by atoms with Crippen LogP contribution in [0.15, 0.2) is 53.4 Å². The van der Waals surface area contributed by atoms with E-state index >= 15 is 0 Å². The number of halogens is 1. The van der Waals surface area contributed by atoms with E-state index in [1.165, 1.54) is 24.3 Å². The Morgan fingerprint density at radius 2 is 1.91 bits per heavy atom. The fraction of sp³-hybridized carbons (Fsp3) is 0.176. The van der Waals surface area contributed by atoms with E-state index in [0.29, 0.717) is 11.3 Å². The fourth-order valence-corrected chi connectivity index (χ4v) is 2.32. The fourth-order valence-electron chi connectivity index (χ4n) is 1.86. The molecule has 0 saturated carbocycles. The van der Waals surface area contributed by atoms with Crippen LogP contribution in [0.4, 0.5) is 10.1 Å². The SMILES string of the molecule is CSc1cccc(NC(=O)COC(=O)Cc2ccc(F)cc2)c1. The minimum Gasteiger partial charge on any atom is -0.455 e. The summed E-state index contributed by atoms with van der Waals surface area (Å²) in [6, 6.07) is 12.9. The van der Waals surface area contributed by atoms with Crippen LogP contribution in [0.1, 0.15) is 5.56 Å². The Labute approximate surface area is 138 Å². The van der Waals surface area contributed by atoms with E-state index in [4.69, 9.17) is 4.74 Å². The lowest BCUT2D eigenvalue weighted by atomic mass is 10.1. The van der Waals surface area contributed by atoms with E-state index in [2.05, 4.69) is 5.32 Å². The average Bonchev–Trinajstić information content (AvgIpc) is 2.55. The monoisotopic (exact) mass is 333 g/mol. The number of hydrogen-bond acceptors (Lipinski definition) is 4. The molecule has 0 bridgehead atoms. The first kappa shape index (κ1) is 17.0. The van der Waals surface area contributed by atoms with Crippen molar-refractivity contribution in [2.75, 3.05) is 18.2 Å². The summed E-state index contributed by atoms with van der Waals surface area (Å²) in [6.45, 7) is -0.358. The van der Waals surface area contributed by atoms with Crippen LogP contribution in [0.25, 0.3) is 0 Å². The average molecular weight is 333 g/mol. The van der Waals surface area contributed by atoms with Gasteiger partial charge in [-0.2, -0.15) is 0 Å². The molecular formula is C17H16FNO3S. The van der Waals surface area contributed by atoms with Gasteiger partial charge in [-0.1, -0.05) is 18.2 Å². The molecule has 2 aromatic rings. The summed E-state index contributed by atoms with van der Waals surface area (Å²) in [5.41, 5.74) is 1.28. The van der Waals surface area contributed by atoms with Crippen molar-refractivity contribution >= 4 is 29.3 Å². The van der Waals surface area contributed by atoms with Gasteiger partial charge in [0.2, 0.25) is 0 Å². The third-order valence-electron chi connectivity index (χ3n) is 2.98. The molecular weight excluding hydrogens is 317 g/mol. The molecule has 0 fully saturated rings. The van der Waals surface area contributed by atoms with Gasteiger partial charge in [-0.05, 0) is 42.2 Å². The van der Waals surface area contributed by atoms with Crippen molar-refractivity contribution in [1.29, 1.82) is 0 Å². The summed E-state index contributed by atoms with van der Waals surface area (Å²) in [5, 5.41) is 2.66. The maximum atomic E-state index is 12.8. The van der Waals surface area contributed by atoms with Crippen LogP contribution < -0.4 is 5.32 Å². The first-order valence-corrected chi connectivity index (χ1v) is 8.13. The number of amides is 1. The predicted molar refractivity (Wildman–Crippen MR) is 87.9 cm³/mol. The maximum Gasteiger partial charge on any atom is 0.310 e. The molecule has 0 spiro atoms. The van der Waals surface area contributed by atoms with Crippen LogP contribution in [-0.4, -0.2) is 24.7 Å². The molecule has 0 aromatic heterocycles. The molecule has 23 heavy (non-hydrogen) atoms. The molecule has 6 heteroatoms. The molecule has 0 unspecified atom stereocenters. The third kappa shape index (κ3) is 5.75. The molecule has 0 heterocycles. The number of anilines is 1. The summed E-state index contributed by atoms with van der Waals surface area (Å²) in [5.74, 6) is -1.31. The van der Waals surface area contributed by atoms with Gasteiger partial charge in [0.05, 0.1) is 6.42 Å². The Morgan fingerprint density at radius 3 is 2.61 bits per heavy atom. The molecule has 0 atom stereocenters. The molecule has 1 amide bonds. The largest absolute Gasteiger partial charge is 0.455 e. The zero-order chi connectivity index (χ0) is 16.7. The second kappa shape index (κ2) is 8.33. The molecule has 0 aliphatic heterocycles.